The van der Waals surface area contributed by atoms with Crippen LogP contribution in [0.1, 0.15) is 99.8 Å². The summed E-state index contributed by atoms with van der Waals surface area (Å²) in [5.41, 5.74) is -0.544. The highest BCUT2D eigenvalue weighted by molar-refractivity contribution is 6.99. The first-order valence-electron chi connectivity index (χ1n) is 16.0. The van der Waals surface area contributed by atoms with Gasteiger partial charge in [-0.2, -0.15) is 0 Å². The van der Waals surface area contributed by atoms with Crippen molar-refractivity contribution in [1.29, 1.82) is 0 Å². The number of Topliss-reactive ketones (excluding diaryl/α,β-unsaturated/α-hetero) is 1. The van der Waals surface area contributed by atoms with Gasteiger partial charge in [-0.25, -0.2) is 0 Å². The molecule has 0 amide bonds. The Morgan fingerprint density at radius 1 is 0.905 bits per heavy atom. The van der Waals surface area contributed by atoms with Crippen LogP contribution in [0.15, 0.2) is 60.7 Å². The van der Waals surface area contributed by atoms with Gasteiger partial charge in [-0.3, -0.25) is 9.59 Å². The molecule has 42 heavy (non-hydrogen) atoms. The van der Waals surface area contributed by atoms with Crippen molar-refractivity contribution < 1.29 is 18.8 Å². The average Bonchev–Trinajstić information content (AvgIpc) is 3.30. The van der Waals surface area contributed by atoms with Gasteiger partial charge in [0, 0.05) is 24.6 Å². The van der Waals surface area contributed by atoms with E-state index in [4.69, 9.17) is 9.16 Å². The fourth-order valence-electron chi connectivity index (χ4n) is 7.81. The molecule has 1 N–H and O–H groups in total. The minimum Gasteiger partial charge on any atom is -0.460 e. The zero-order valence-corrected chi connectivity index (χ0v) is 28.0. The quantitative estimate of drug-likeness (QED) is 0.192. The van der Waals surface area contributed by atoms with Gasteiger partial charge in [-0.05, 0) is 73.7 Å². The van der Waals surface area contributed by atoms with Crippen molar-refractivity contribution in [2.75, 3.05) is 6.61 Å². The second kappa shape index (κ2) is 13.2. The summed E-state index contributed by atoms with van der Waals surface area (Å²) in [6.07, 6.45) is 6.97. The lowest BCUT2D eigenvalue weighted by Gasteiger charge is -2.47. The third-order valence-corrected chi connectivity index (χ3v) is 14.4. The minimum absolute atomic E-state index is 0.0311. The highest BCUT2D eigenvalue weighted by Gasteiger charge is 2.52. The van der Waals surface area contributed by atoms with Crippen LogP contribution in [0.25, 0.3) is 0 Å². The van der Waals surface area contributed by atoms with E-state index in [9.17, 15) is 9.59 Å². The first kappa shape index (κ1) is 32.6. The molecule has 1 saturated carbocycles. The fraction of sp³-hybridized carbons (Fsp3) is 0.611. The maximum Gasteiger partial charge on any atom is 0.313 e. The molecule has 4 rings (SSSR count). The molecule has 230 valence electrons. The summed E-state index contributed by atoms with van der Waals surface area (Å²) >= 11 is 0. The van der Waals surface area contributed by atoms with Crippen LogP contribution >= 0.6 is 0 Å². The van der Waals surface area contributed by atoms with E-state index in [0.717, 1.165) is 25.7 Å². The number of esters is 1. The number of hydrogen-bond donors (Lipinski definition) is 1. The molecular weight excluding hydrogens is 538 g/mol. The lowest BCUT2D eigenvalue weighted by molar-refractivity contribution is -0.156. The number of nitrogens with one attached hydrogen (secondary N) is 1. The number of carbonyl (C=O) groups is 2. The van der Waals surface area contributed by atoms with E-state index >= 15 is 0 Å². The normalized spacial score (nSPS) is 24.0. The molecule has 1 aliphatic carbocycles. The molecule has 1 aliphatic heterocycles. The largest absolute Gasteiger partial charge is 0.460 e. The van der Waals surface area contributed by atoms with Gasteiger partial charge < -0.3 is 14.5 Å². The van der Waals surface area contributed by atoms with Crippen LogP contribution in [-0.4, -0.2) is 43.9 Å². The Morgan fingerprint density at radius 3 is 1.98 bits per heavy atom. The SMILES string of the molecule is C[C@@H](CO[Si](c1ccccc1)(c1ccccc1)C(C)(C)C)[C@H]1CCC[C@]12CCC[C@H](CC(=O)CC(=O)OC(C)(C)C)N2. The summed E-state index contributed by atoms with van der Waals surface area (Å²) in [6, 6.07) is 21.9. The zero-order valence-electron chi connectivity index (χ0n) is 27.0. The Kier molecular flexibility index (Phi) is 10.2. The van der Waals surface area contributed by atoms with Gasteiger partial charge in [0.05, 0.1) is 0 Å². The molecule has 0 unspecified atom stereocenters. The Labute approximate surface area is 255 Å². The van der Waals surface area contributed by atoms with Gasteiger partial charge in [0.1, 0.15) is 17.8 Å². The minimum atomic E-state index is -2.60. The number of carbonyl (C=O) groups excluding carboxylic acids is 2. The summed E-state index contributed by atoms with van der Waals surface area (Å²) in [6.45, 7) is 15.6. The van der Waals surface area contributed by atoms with Crippen molar-refractivity contribution in [3.05, 3.63) is 60.7 Å². The molecule has 6 heteroatoms. The van der Waals surface area contributed by atoms with Crippen LogP contribution in [-0.2, 0) is 18.8 Å². The highest BCUT2D eigenvalue weighted by Crippen LogP contribution is 2.47. The molecule has 2 fully saturated rings. The first-order valence-corrected chi connectivity index (χ1v) is 17.9. The monoisotopic (exact) mass is 591 g/mol. The van der Waals surface area contributed by atoms with Gasteiger partial charge in [0.15, 0.2) is 0 Å². The van der Waals surface area contributed by atoms with E-state index in [0.29, 0.717) is 24.9 Å². The standard InChI is InChI=1S/C36H53NO4Si/c1-27(26-40-42(35(5,6)7,30-17-10-8-11-18-30)31-19-12-9-13-20-31)32-21-15-23-36(32)22-14-16-28(37-36)24-29(38)25-33(39)41-34(2,3)4/h8-13,17-20,27-28,32,37H,14-16,21-26H2,1-7H3/t27-,28+,32+,36+/m0/s1. The van der Waals surface area contributed by atoms with Crippen molar-refractivity contribution in [1.82, 2.24) is 5.32 Å². The molecule has 5 nitrogen and oxygen atoms in total. The van der Waals surface area contributed by atoms with Gasteiger partial charge >= 0.3 is 5.97 Å². The smallest absolute Gasteiger partial charge is 0.313 e. The third kappa shape index (κ3) is 7.43. The number of ketones is 1. The third-order valence-electron chi connectivity index (χ3n) is 9.42. The van der Waals surface area contributed by atoms with Crippen LogP contribution in [0.2, 0.25) is 5.04 Å². The van der Waals surface area contributed by atoms with Crippen molar-refractivity contribution in [2.45, 2.75) is 122 Å². The van der Waals surface area contributed by atoms with Crippen LogP contribution in [0.4, 0.5) is 0 Å². The maximum atomic E-state index is 12.8. The van der Waals surface area contributed by atoms with Crippen LogP contribution < -0.4 is 15.7 Å². The van der Waals surface area contributed by atoms with Crippen LogP contribution in [0.3, 0.4) is 0 Å². The second-order valence-electron chi connectivity index (χ2n) is 14.8. The first-order chi connectivity index (χ1) is 19.8. The van der Waals surface area contributed by atoms with E-state index in [-0.39, 0.29) is 28.8 Å². The predicted octanol–water partition coefficient (Wildman–Crippen LogP) is 6.57. The van der Waals surface area contributed by atoms with E-state index < -0.39 is 19.9 Å². The fourth-order valence-corrected chi connectivity index (χ4v) is 12.5. The van der Waals surface area contributed by atoms with Crippen molar-refractivity contribution in [2.24, 2.45) is 11.8 Å². The molecule has 1 saturated heterocycles. The molecular formula is C36H53NO4Si. The molecule has 2 aromatic rings. The van der Waals surface area contributed by atoms with Crippen molar-refractivity contribution in [3.63, 3.8) is 0 Å². The number of rotatable bonds is 10. The predicted molar refractivity (Wildman–Crippen MR) is 174 cm³/mol. The van der Waals surface area contributed by atoms with E-state index in [2.05, 4.69) is 93.7 Å². The lowest BCUT2D eigenvalue weighted by atomic mass is 9.73. The lowest BCUT2D eigenvalue weighted by Crippen LogP contribution is -2.67. The Morgan fingerprint density at radius 2 is 1.45 bits per heavy atom. The number of ether oxygens (including phenoxy) is 1. The summed E-state index contributed by atoms with van der Waals surface area (Å²) in [7, 11) is -2.60. The second-order valence-corrected chi connectivity index (χ2v) is 19.2. The van der Waals surface area contributed by atoms with Gasteiger partial charge in [-0.15, -0.1) is 0 Å². The summed E-state index contributed by atoms with van der Waals surface area (Å²) in [4.78, 5) is 25.1. The molecule has 2 aromatic carbocycles. The topological polar surface area (TPSA) is 64.6 Å². The summed E-state index contributed by atoms with van der Waals surface area (Å²) in [5, 5.41) is 6.57. The molecule has 4 atom stereocenters. The Balaban J connectivity index is 1.49. The average molecular weight is 592 g/mol. The number of benzene rings is 2. The van der Waals surface area contributed by atoms with E-state index in [1.807, 2.05) is 20.8 Å². The van der Waals surface area contributed by atoms with Gasteiger partial charge in [0.2, 0.25) is 0 Å². The molecule has 0 aromatic heterocycles. The summed E-state index contributed by atoms with van der Waals surface area (Å²) < 4.78 is 12.7. The zero-order chi connectivity index (χ0) is 30.6. The van der Waals surface area contributed by atoms with Crippen molar-refractivity contribution >= 4 is 30.4 Å². The summed E-state index contributed by atoms with van der Waals surface area (Å²) in [5.74, 6) is 0.402. The van der Waals surface area contributed by atoms with Gasteiger partial charge in [0.25, 0.3) is 8.32 Å². The number of piperidine rings is 1. The Bertz CT molecular complexity index is 1150. The van der Waals surface area contributed by atoms with Crippen LogP contribution in [0, 0.1) is 11.8 Å². The number of hydrogen-bond acceptors (Lipinski definition) is 5. The molecule has 0 bridgehead atoms. The molecule has 1 spiro atoms. The van der Waals surface area contributed by atoms with Crippen molar-refractivity contribution in [3.8, 4) is 0 Å². The van der Waals surface area contributed by atoms with Gasteiger partial charge in [-0.1, -0.05) is 101 Å². The molecule has 1 heterocycles. The van der Waals surface area contributed by atoms with Crippen LogP contribution in [0.5, 0.6) is 0 Å². The Hall–Kier alpha value is -2.28. The van der Waals surface area contributed by atoms with E-state index in [1.54, 1.807) is 0 Å². The molecule has 2 aliphatic rings. The maximum absolute atomic E-state index is 12.8. The molecule has 0 radical (unpaired) electrons. The van der Waals surface area contributed by atoms with E-state index in [1.165, 1.54) is 23.2 Å². The highest BCUT2D eigenvalue weighted by atomic mass is 28.4.